The Kier molecular flexibility index (Phi) is 2.48. The summed E-state index contributed by atoms with van der Waals surface area (Å²) < 4.78 is 12.7. The quantitative estimate of drug-likeness (QED) is 0.731. The van der Waals surface area contributed by atoms with Crippen LogP contribution in [0.2, 0.25) is 0 Å². The van der Waals surface area contributed by atoms with E-state index in [1.165, 1.54) is 11.6 Å². The van der Waals surface area contributed by atoms with Gasteiger partial charge in [-0.1, -0.05) is 6.08 Å². The maximum Gasteiger partial charge on any atom is 0.212 e. The van der Waals surface area contributed by atoms with E-state index in [1.54, 1.807) is 6.20 Å². The highest BCUT2D eigenvalue weighted by Crippen LogP contribution is 2.36. The van der Waals surface area contributed by atoms with Gasteiger partial charge in [0, 0.05) is 6.20 Å². The largest absolute Gasteiger partial charge is 0.316 e. The molecule has 1 aliphatic carbocycles. The fourth-order valence-electron chi connectivity index (χ4n) is 2.76. The Morgan fingerprint density at radius 2 is 2.12 bits per heavy atom. The van der Waals surface area contributed by atoms with Gasteiger partial charge in [0.05, 0.1) is 0 Å². The predicted octanol–water partition coefficient (Wildman–Crippen LogP) is 2.23. The molecular weight excluding hydrogens is 203 g/mol. The Morgan fingerprint density at radius 3 is 2.94 bits per heavy atom. The van der Waals surface area contributed by atoms with Gasteiger partial charge >= 0.3 is 0 Å². The lowest BCUT2D eigenvalue weighted by Crippen LogP contribution is -2.16. The van der Waals surface area contributed by atoms with Crippen molar-refractivity contribution < 1.29 is 4.39 Å². The second-order valence-corrected chi connectivity index (χ2v) is 4.72. The average Bonchev–Trinajstić information content (AvgIpc) is 2.77. The monoisotopic (exact) mass is 218 g/mol. The van der Waals surface area contributed by atoms with Crippen LogP contribution in [0.1, 0.15) is 18.4 Å². The van der Waals surface area contributed by atoms with Gasteiger partial charge in [0.25, 0.3) is 0 Å². The maximum absolute atomic E-state index is 12.7. The number of fused-ring (bicyclic) bond motifs is 1. The summed E-state index contributed by atoms with van der Waals surface area (Å²) in [5, 5.41) is 3.44. The molecule has 0 spiro atoms. The minimum absolute atomic E-state index is 0.402. The fourth-order valence-corrected chi connectivity index (χ4v) is 2.76. The summed E-state index contributed by atoms with van der Waals surface area (Å²) in [6.45, 7) is 2.27. The third-order valence-corrected chi connectivity index (χ3v) is 3.73. The van der Waals surface area contributed by atoms with Gasteiger partial charge in [-0.05, 0) is 61.0 Å². The number of nitrogens with one attached hydrogen (secondary N) is 1. The molecule has 0 bridgehead atoms. The predicted molar refractivity (Wildman–Crippen MR) is 61.3 cm³/mol. The molecule has 84 valence electrons. The van der Waals surface area contributed by atoms with Crippen LogP contribution < -0.4 is 5.32 Å². The summed E-state index contributed by atoms with van der Waals surface area (Å²) in [7, 11) is 0. The Hall–Kier alpha value is -1.22. The Morgan fingerprint density at radius 1 is 1.25 bits per heavy atom. The standard InChI is InChI=1S/C13H15FN2/c14-13-4-3-11(8-16-13)9-1-2-10-6-15-7-12(10)5-9/h1,3-4,8,10,12,15H,2,5-7H2/t10-,12+/m0/s1. The van der Waals surface area contributed by atoms with E-state index in [9.17, 15) is 4.39 Å². The van der Waals surface area contributed by atoms with Crippen molar-refractivity contribution in [2.24, 2.45) is 11.8 Å². The zero-order valence-electron chi connectivity index (χ0n) is 9.12. The van der Waals surface area contributed by atoms with E-state index < -0.39 is 5.95 Å². The number of nitrogens with zero attached hydrogens (tertiary/aromatic N) is 1. The third-order valence-electron chi connectivity index (χ3n) is 3.73. The first-order valence-electron chi connectivity index (χ1n) is 5.84. The van der Waals surface area contributed by atoms with E-state index >= 15 is 0 Å². The molecule has 3 rings (SSSR count). The summed E-state index contributed by atoms with van der Waals surface area (Å²) in [6, 6.07) is 3.27. The lowest BCUT2D eigenvalue weighted by atomic mass is 9.80. The number of hydrogen-bond donors (Lipinski definition) is 1. The van der Waals surface area contributed by atoms with Gasteiger partial charge in [-0.25, -0.2) is 4.98 Å². The van der Waals surface area contributed by atoms with Crippen molar-refractivity contribution in [2.45, 2.75) is 12.8 Å². The molecule has 1 fully saturated rings. The SMILES string of the molecule is Fc1ccc(C2=CC[C@H]3CNC[C@H]3C2)cn1. The normalized spacial score (nSPS) is 28.7. The van der Waals surface area contributed by atoms with E-state index in [2.05, 4.69) is 16.4 Å². The van der Waals surface area contributed by atoms with Gasteiger partial charge in [0.15, 0.2) is 0 Å². The molecule has 0 amide bonds. The molecule has 3 heteroatoms. The van der Waals surface area contributed by atoms with Gasteiger partial charge in [0.1, 0.15) is 0 Å². The molecule has 1 saturated heterocycles. The summed E-state index contributed by atoms with van der Waals surface area (Å²) in [5.74, 6) is 1.16. The number of aromatic nitrogens is 1. The molecule has 0 aromatic carbocycles. The molecule has 0 radical (unpaired) electrons. The van der Waals surface area contributed by atoms with Crippen LogP contribution in [0, 0.1) is 17.8 Å². The van der Waals surface area contributed by atoms with Crippen LogP contribution in [0.25, 0.3) is 5.57 Å². The summed E-state index contributed by atoms with van der Waals surface area (Å²) in [4.78, 5) is 3.72. The van der Waals surface area contributed by atoms with Crippen LogP contribution in [0.5, 0.6) is 0 Å². The Balaban J connectivity index is 1.83. The first-order chi connectivity index (χ1) is 7.83. The third kappa shape index (κ3) is 1.76. The molecule has 2 atom stereocenters. The van der Waals surface area contributed by atoms with E-state index in [0.717, 1.165) is 43.3 Å². The van der Waals surface area contributed by atoms with Crippen LogP contribution in [0.15, 0.2) is 24.4 Å². The summed E-state index contributed by atoms with van der Waals surface area (Å²) >= 11 is 0. The number of halogens is 1. The van der Waals surface area contributed by atoms with Crippen LogP contribution >= 0.6 is 0 Å². The summed E-state index contributed by atoms with van der Waals surface area (Å²) in [5.41, 5.74) is 2.41. The molecule has 2 heterocycles. The molecule has 1 aromatic rings. The molecule has 2 nitrogen and oxygen atoms in total. The highest BCUT2D eigenvalue weighted by molar-refractivity contribution is 5.65. The second-order valence-electron chi connectivity index (χ2n) is 4.72. The van der Waals surface area contributed by atoms with E-state index in [0.29, 0.717) is 0 Å². The van der Waals surface area contributed by atoms with E-state index in [4.69, 9.17) is 0 Å². The molecular formula is C13H15FN2. The van der Waals surface area contributed by atoms with Crippen molar-refractivity contribution in [1.29, 1.82) is 0 Å². The van der Waals surface area contributed by atoms with Crippen molar-refractivity contribution in [1.82, 2.24) is 10.3 Å². The molecule has 0 saturated carbocycles. The lowest BCUT2D eigenvalue weighted by molar-refractivity contribution is 0.417. The highest BCUT2D eigenvalue weighted by Gasteiger charge is 2.30. The van der Waals surface area contributed by atoms with Gasteiger partial charge < -0.3 is 5.32 Å². The number of pyridine rings is 1. The maximum atomic E-state index is 12.7. The molecule has 16 heavy (non-hydrogen) atoms. The smallest absolute Gasteiger partial charge is 0.212 e. The van der Waals surface area contributed by atoms with Crippen molar-refractivity contribution in [3.05, 3.63) is 35.9 Å². The van der Waals surface area contributed by atoms with Gasteiger partial charge in [-0.3, -0.25) is 0 Å². The van der Waals surface area contributed by atoms with Gasteiger partial charge in [0.2, 0.25) is 5.95 Å². The zero-order valence-corrected chi connectivity index (χ0v) is 9.12. The van der Waals surface area contributed by atoms with Gasteiger partial charge in [-0.2, -0.15) is 4.39 Å². The lowest BCUT2D eigenvalue weighted by Gasteiger charge is -2.24. The first-order valence-corrected chi connectivity index (χ1v) is 5.84. The van der Waals surface area contributed by atoms with Crippen LogP contribution in [-0.2, 0) is 0 Å². The number of rotatable bonds is 1. The van der Waals surface area contributed by atoms with Crippen LogP contribution in [0.4, 0.5) is 4.39 Å². The molecule has 1 N–H and O–H groups in total. The van der Waals surface area contributed by atoms with E-state index in [1.807, 2.05) is 6.07 Å². The van der Waals surface area contributed by atoms with Crippen molar-refractivity contribution >= 4 is 5.57 Å². The molecule has 1 aliphatic heterocycles. The van der Waals surface area contributed by atoms with Crippen molar-refractivity contribution in [2.75, 3.05) is 13.1 Å². The topological polar surface area (TPSA) is 24.9 Å². The van der Waals surface area contributed by atoms with E-state index in [-0.39, 0.29) is 0 Å². The Bertz CT molecular complexity index is 410. The van der Waals surface area contributed by atoms with Gasteiger partial charge in [-0.15, -0.1) is 0 Å². The molecule has 0 unspecified atom stereocenters. The zero-order chi connectivity index (χ0) is 11.0. The minimum atomic E-state index is -0.402. The molecule has 1 aromatic heterocycles. The highest BCUT2D eigenvalue weighted by atomic mass is 19.1. The average molecular weight is 218 g/mol. The van der Waals surface area contributed by atoms with Crippen molar-refractivity contribution in [3.8, 4) is 0 Å². The number of hydrogen-bond acceptors (Lipinski definition) is 2. The van der Waals surface area contributed by atoms with Crippen molar-refractivity contribution in [3.63, 3.8) is 0 Å². The fraction of sp³-hybridized carbons (Fsp3) is 0.462. The summed E-state index contributed by atoms with van der Waals surface area (Å²) in [6.07, 6.45) is 6.18. The molecule has 2 aliphatic rings. The van der Waals surface area contributed by atoms with Crippen LogP contribution in [-0.4, -0.2) is 18.1 Å². The second kappa shape index (κ2) is 3.98. The Labute approximate surface area is 94.6 Å². The minimum Gasteiger partial charge on any atom is -0.316 e. The number of allylic oxidation sites excluding steroid dienone is 2. The van der Waals surface area contributed by atoms with Crippen LogP contribution in [0.3, 0.4) is 0 Å². The first kappa shape index (κ1) is 9.97.